The second-order valence-electron chi connectivity index (χ2n) is 7.22. The number of nitrogens with one attached hydrogen (secondary N) is 2. The molecule has 0 saturated carbocycles. The Bertz CT molecular complexity index is 785. The fourth-order valence-electron chi connectivity index (χ4n) is 2.90. The number of carbonyl (C=O) groups excluding carboxylic acids is 2. The zero-order chi connectivity index (χ0) is 20.0. The van der Waals surface area contributed by atoms with Gasteiger partial charge in [0.2, 0.25) is 5.91 Å². The Morgan fingerprint density at radius 1 is 1.04 bits per heavy atom. The summed E-state index contributed by atoms with van der Waals surface area (Å²) in [6.07, 6.45) is 0. The Balaban J connectivity index is 2.18. The van der Waals surface area contributed by atoms with Gasteiger partial charge in [0.15, 0.2) is 0 Å². The van der Waals surface area contributed by atoms with Crippen LogP contribution < -0.4 is 16.4 Å². The number of benzene rings is 2. The maximum atomic E-state index is 12.8. The van der Waals surface area contributed by atoms with Gasteiger partial charge >= 0.3 is 0 Å². The number of nitrogens with two attached hydrogens (primary N) is 1. The number of hydrogen-bond donors (Lipinski definition) is 3. The maximum absolute atomic E-state index is 12.8. The normalized spacial score (nSPS) is 13.1. The first-order valence-electron chi connectivity index (χ1n) is 9.29. The van der Waals surface area contributed by atoms with Crippen molar-refractivity contribution in [1.82, 2.24) is 10.6 Å². The molecule has 2 amide bonds. The third kappa shape index (κ3) is 5.66. The number of carbonyl (C=O) groups is 2. The van der Waals surface area contributed by atoms with Crippen molar-refractivity contribution in [3.8, 4) is 0 Å². The molecule has 0 radical (unpaired) electrons. The first kappa shape index (κ1) is 20.6. The fraction of sp³-hybridized carbons (Fsp3) is 0.364. The molecule has 27 heavy (non-hydrogen) atoms. The predicted octanol–water partition coefficient (Wildman–Crippen LogP) is 3.05. The zero-order valence-electron chi connectivity index (χ0n) is 16.5. The first-order valence-corrected chi connectivity index (χ1v) is 9.29. The summed E-state index contributed by atoms with van der Waals surface area (Å²) in [6.45, 7) is 8.02. The van der Waals surface area contributed by atoms with Crippen LogP contribution in [0.3, 0.4) is 0 Å². The molecule has 4 N–H and O–H groups in total. The van der Waals surface area contributed by atoms with E-state index in [1.165, 1.54) is 0 Å². The van der Waals surface area contributed by atoms with Crippen LogP contribution in [0.25, 0.3) is 0 Å². The fourth-order valence-corrected chi connectivity index (χ4v) is 2.90. The van der Waals surface area contributed by atoms with Crippen LogP contribution >= 0.6 is 0 Å². The molecule has 0 bridgehead atoms. The largest absolute Gasteiger partial charge is 0.350 e. The van der Waals surface area contributed by atoms with Crippen LogP contribution in [0, 0.1) is 6.92 Å². The van der Waals surface area contributed by atoms with Gasteiger partial charge in [-0.2, -0.15) is 0 Å². The lowest BCUT2D eigenvalue weighted by molar-refractivity contribution is -0.122. The van der Waals surface area contributed by atoms with Crippen molar-refractivity contribution in [3.63, 3.8) is 0 Å². The van der Waals surface area contributed by atoms with Crippen LogP contribution in [-0.4, -0.2) is 24.4 Å². The van der Waals surface area contributed by atoms with E-state index in [-0.39, 0.29) is 30.3 Å². The molecule has 2 aromatic carbocycles. The minimum absolute atomic E-state index is 0.140. The smallest absolute Gasteiger partial charge is 0.251 e. The molecule has 0 spiro atoms. The lowest BCUT2D eigenvalue weighted by atomic mass is 9.95. The highest BCUT2D eigenvalue weighted by Crippen LogP contribution is 2.21. The maximum Gasteiger partial charge on any atom is 0.251 e. The van der Waals surface area contributed by atoms with E-state index in [4.69, 9.17) is 5.73 Å². The molecule has 144 valence electrons. The Morgan fingerprint density at radius 2 is 1.70 bits per heavy atom. The second-order valence-corrected chi connectivity index (χ2v) is 7.22. The number of rotatable bonds is 7. The highest BCUT2D eigenvalue weighted by atomic mass is 16.2. The summed E-state index contributed by atoms with van der Waals surface area (Å²) in [5.74, 6) is -0.149. The van der Waals surface area contributed by atoms with Crippen molar-refractivity contribution in [3.05, 3.63) is 70.8 Å². The molecule has 2 rings (SSSR count). The molecule has 2 atom stereocenters. The highest BCUT2D eigenvalue weighted by molar-refractivity contribution is 5.96. The number of aryl methyl sites for hydroxylation is 1. The van der Waals surface area contributed by atoms with Crippen LogP contribution in [0.1, 0.15) is 59.8 Å². The van der Waals surface area contributed by atoms with Gasteiger partial charge in [0.25, 0.3) is 5.91 Å². The van der Waals surface area contributed by atoms with E-state index < -0.39 is 6.04 Å². The van der Waals surface area contributed by atoms with Crippen molar-refractivity contribution in [2.75, 3.05) is 6.54 Å². The van der Waals surface area contributed by atoms with Gasteiger partial charge in [0, 0.05) is 12.1 Å². The molecule has 0 heterocycles. The second kappa shape index (κ2) is 9.33. The molecule has 0 aliphatic rings. The summed E-state index contributed by atoms with van der Waals surface area (Å²) >= 11 is 0. The minimum atomic E-state index is -0.615. The van der Waals surface area contributed by atoms with Crippen LogP contribution in [0.4, 0.5) is 0 Å². The van der Waals surface area contributed by atoms with Gasteiger partial charge in [-0.15, -0.1) is 0 Å². The SMILES string of the molecule is Cc1ccc(C(C)C)c(C(=O)NC[C@@H](NC(=O)[C@@H](C)N)c2ccccc2)c1. The first-order chi connectivity index (χ1) is 12.8. The van der Waals surface area contributed by atoms with Gasteiger partial charge in [-0.3, -0.25) is 9.59 Å². The summed E-state index contributed by atoms with van der Waals surface area (Å²) in [5, 5.41) is 5.88. The predicted molar refractivity (Wildman–Crippen MR) is 109 cm³/mol. The third-order valence-electron chi connectivity index (χ3n) is 4.47. The molecule has 0 unspecified atom stereocenters. The van der Waals surface area contributed by atoms with Crippen LogP contribution in [-0.2, 0) is 4.79 Å². The van der Waals surface area contributed by atoms with E-state index in [0.717, 1.165) is 16.7 Å². The lowest BCUT2D eigenvalue weighted by Gasteiger charge is -2.22. The molecular weight excluding hydrogens is 338 g/mol. The molecule has 0 fully saturated rings. The van der Waals surface area contributed by atoms with E-state index in [1.54, 1.807) is 6.92 Å². The zero-order valence-corrected chi connectivity index (χ0v) is 16.5. The van der Waals surface area contributed by atoms with Crippen LogP contribution in [0.2, 0.25) is 0 Å². The van der Waals surface area contributed by atoms with Gasteiger partial charge in [0.1, 0.15) is 0 Å². The third-order valence-corrected chi connectivity index (χ3v) is 4.47. The quantitative estimate of drug-likeness (QED) is 0.703. The Hall–Kier alpha value is -2.66. The molecule has 2 aromatic rings. The van der Waals surface area contributed by atoms with E-state index in [0.29, 0.717) is 5.56 Å². The summed E-state index contributed by atoms with van der Waals surface area (Å²) in [5.41, 5.74) is 9.32. The molecule has 0 aromatic heterocycles. The summed E-state index contributed by atoms with van der Waals surface area (Å²) in [6, 6.07) is 14.5. The van der Waals surface area contributed by atoms with Crippen molar-refractivity contribution in [1.29, 1.82) is 0 Å². The van der Waals surface area contributed by atoms with E-state index in [9.17, 15) is 9.59 Å². The summed E-state index contributed by atoms with van der Waals surface area (Å²) in [7, 11) is 0. The molecular formula is C22H29N3O2. The van der Waals surface area contributed by atoms with Crippen LogP contribution in [0.5, 0.6) is 0 Å². The molecule has 5 nitrogen and oxygen atoms in total. The van der Waals surface area contributed by atoms with E-state index >= 15 is 0 Å². The van der Waals surface area contributed by atoms with Crippen molar-refractivity contribution in [2.45, 2.75) is 45.7 Å². The topological polar surface area (TPSA) is 84.2 Å². The van der Waals surface area contributed by atoms with E-state index in [1.807, 2.05) is 55.5 Å². The number of hydrogen-bond acceptors (Lipinski definition) is 3. The summed E-state index contributed by atoms with van der Waals surface area (Å²) in [4.78, 5) is 24.9. The van der Waals surface area contributed by atoms with Crippen LogP contribution in [0.15, 0.2) is 48.5 Å². The molecule has 0 aliphatic heterocycles. The summed E-state index contributed by atoms with van der Waals surface area (Å²) < 4.78 is 0. The molecule has 0 saturated heterocycles. The Morgan fingerprint density at radius 3 is 2.30 bits per heavy atom. The Labute approximate surface area is 161 Å². The Kier molecular flexibility index (Phi) is 7.13. The van der Waals surface area contributed by atoms with Crippen molar-refractivity contribution in [2.24, 2.45) is 5.73 Å². The van der Waals surface area contributed by atoms with Gasteiger partial charge < -0.3 is 16.4 Å². The average molecular weight is 367 g/mol. The van der Waals surface area contributed by atoms with Crippen molar-refractivity contribution >= 4 is 11.8 Å². The average Bonchev–Trinajstić information content (AvgIpc) is 2.64. The van der Waals surface area contributed by atoms with Crippen molar-refractivity contribution < 1.29 is 9.59 Å². The standard InChI is InChI=1S/C22H29N3O2/c1-14(2)18-11-10-15(3)12-19(18)22(27)24-13-20(25-21(26)16(4)23)17-8-6-5-7-9-17/h5-12,14,16,20H,13,23H2,1-4H3,(H,24,27)(H,25,26)/t16-,20-/m1/s1. The highest BCUT2D eigenvalue weighted by Gasteiger charge is 2.19. The molecule has 5 heteroatoms. The monoisotopic (exact) mass is 367 g/mol. The van der Waals surface area contributed by atoms with Gasteiger partial charge in [0.05, 0.1) is 12.1 Å². The van der Waals surface area contributed by atoms with E-state index in [2.05, 4.69) is 24.5 Å². The lowest BCUT2D eigenvalue weighted by Crippen LogP contribution is -2.44. The van der Waals surface area contributed by atoms with Gasteiger partial charge in [-0.1, -0.05) is 61.9 Å². The molecule has 0 aliphatic carbocycles. The number of amides is 2. The van der Waals surface area contributed by atoms with Gasteiger partial charge in [-0.25, -0.2) is 0 Å². The van der Waals surface area contributed by atoms with Gasteiger partial charge in [-0.05, 0) is 37.0 Å². The minimum Gasteiger partial charge on any atom is -0.350 e.